The van der Waals surface area contributed by atoms with Crippen LogP contribution in [0.2, 0.25) is 0 Å². The molecule has 2 heterocycles. The summed E-state index contributed by atoms with van der Waals surface area (Å²) in [6, 6.07) is 14.8. The molecule has 0 saturated heterocycles. The van der Waals surface area contributed by atoms with Crippen molar-refractivity contribution in [2.75, 3.05) is 5.32 Å². The molecule has 2 aromatic heterocycles. The highest BCUT2D eigenvalue weighted by atomic mass is 16.3. The van der Waals surface area contributed by atoms with Gasteiger partial charge in [0, 0.05) is 35.6 Å². The van der Waals surface area contributed by atoms with Crippen molar-refractivity contribution in [2.24, 2.45) is 5.92 Å². The number of carbonyl (C=O) groups excluding carboxylic acids is 2. The molecular formula is C25H25N3O3. The average molecular weight is 415 g/mol. The molecule has 2 saturated carbocycles. The number of furan rings is 1. The number of anilines is 1. The van der Waals surface area contributed by atoms with Gasteiger partial charge in [-0.15, -0.1) is 0 Å². The molecule has 6 nitrogen and oxygen atoms in total. The number of carbonyl (C=O) groups is 2. The minimum absolute atomic E-state index is 0.0438. The first kappa shape index (κ1) is 19.5. The van der Waals surface area contributed by atoms with Crippen molar-refractivity contribution >= 4 is 17.5 Å². The van der Waals surface area contributed by atoms with Crippen LogP contribution in [-0.2, 0) is 6.54 Å². The van der Waals surface area contributed by atoms with Gasteiger partial charge in [0.05, 0.1) is 12.1 Å². The lowest BCUT2D eigenvalue weighted by Gasteiger charge is -2.21. The van der Waals surface area contributed by atoms with Gasteiger partial charge in [0.15, 0.2) is 0 Å². The second-order valence-electron chi connectivity index (χ2n) is 8.56. The Bertz CT molecular complexity index is 1100. The van der Waals surface area contributed by atoms with Crippen LogP contribution in [-0.4, -0.2) is 27.7 Å². The normalized spacial score (nSPS) is 19.6. The molecule has 2 aliphatic carbocycles. The third-order valence-electron chi connectivity index (χ3n) is 6.02. The lowest BCUT2D eigenvalue weighted by molar-refractivity contribution is 0.0716. The Balaban J connectivity index is 1.30. The Morgan fingerprint density at radius 3 is 2.65 bits per heavy atom. The van der Waals surface area contributed by atoms with E-state index in [0.717, 1.165) is 24.4 Å². The van der Waals surface area contributed by atoms with Crippen LogP contribution in [0.5, 0.6) is 0 Å². The summed E-state index contributed by atoms with van der Waals surface area (Å²) in [6.07, 6.45) is 6.33. The van der Waals surface area contributed by atoms with Crippen molar-refractivity contribution in [1.82, 2.24) is 9.88 Å². The zero-order chi connectivity index (χ0) is 21.4. The number of aromatic nitrogens is 1. The zero-order valence-corrected chi connectivity index (χ0v) is 17.5. The quantitative estimate of drug-likeness (QED) is 0.598. The summed E-state index contributed by atoms with van der Waals surface area (Å²) in [5.74, 6) is 2.77. The molecule has 2 atom stereocenters. The Kier molecular flexibility index (Phi) is 5.06. The third kappa shape index (κ3) is 4.38. The summed E-state index contributed by atoms with van der Waals surface area (Å²) < 4.78 is 6.04. The van der Waals surface area contributed by atoms with E-state index in [1.807, 2.05) is 17.0 Å². The Hall–Kier alpha value is -3.41. The first-order valence-electron chi connectivity index (χ1n) is 10.8. The Morgan fingerprint density at radius 2 is 1.94 bits per heavy atom. The standard InChI is InChI=1S/C25H25N3O3/c1-16-12-22(16)23-10-9-21(31-23)15-28(20-7-8-20)25(30)17-4-2-6-19(13-17)27-24(29)18-5-3-11-26-14-18/h2-6,9-11,13-14,16,20,22H,7-8,12,15H2,1H3,(H,27,29). The van der Waals surface area contributed by atoms with E-state index < -0.39 is 0 Å². The second kappa shape index (κ2) is 8.02. The van der Waals surface area contributed by atoms with Gasteiger partial charge in [-0.2, -0.15) is 0 Å². The molecule has 2 unspecified atom stereocenters. The molecule has 1 N–H and O–H groups in total. The van der Waals surface area contributed by atoms with Gasteiger partial charge in [-0.3, -0.25) is 14.6 Å². The average Bonchev–Trinajstić information content (AvgIpc) is 3.72. The van der Waals surface area contributed by atoms with Crippen LogP contribution >= 0.6 is 0 Å². The van der Waals surface area contributed by atoms with Gasteiger partial charge in [-0.25, -0.2) is 0 Å². The SMILES string of the molecule is CC1CC1c1ccc(CN(C(=O)c2cccc(NC(=O)c3cccnc3)c2)C2CC2)o1. The van der Waals surface area contributed by atoms with Crippen molar-refractivity contribution in [3.63, 3.8) is 0 Å². The second-order valence-corrected chi connectivity index (χ2v) is 8.56. The van der Waals surface area contributed by atoms with Crippen molar-refractivity contribution in [3.05, 3.63) is 83.6 Å². The van der Waals surface area contributed by atoms with E-state index >= 15 is 0 Å². The lowest BCUT2D eigenvalue weighted by atomic mass is 10.1. The first-order chi connectivity index (χ1) is 15.1. The van der Waals surface area contributed by atoms with Crippen molar-refractivity contribution in [3.8, 4) is 0 Å². The van der Waals surface area contributed by atoms with E-state index in [-0.39, 0.29) is 17.9 Å². The lowest BCUT2D eigenvalue weighted by Crippen LogP contribution is -2.32. The van der Waals surface area contributed by atoms with E-state index in [0.29, 0.717) is 35.2 Å². The van der Waals surface area contributed by atoms with Gasteiger partial charge in [-0.1, -0.05) is 13.0 Å². The molecular weight excluding hydrogens is 390 g/mol. The Morgan fingerprint density at radius 1 is 1.13 bits per heavy atom. The Labute approximate surface area is 181 Å². The highest BCUT2D eigenvalue weighted by Crippen LogP contribution is 2.47. The van der Waals surface area contributed by atoms with Gasteiger partial charge in [0.1, 0.15) is 11.5 Å². The van der Waals surface area contributed by atoms with E-state index in [2.05, 4.69) is 17.2 Å². The number of amides is 2. The molecule has 0 radical (unpaired) electrons. The fraction of sp³-hybridized carbons (Fsp3) is 0.320. The molecule has 2 aliphatic rings. The molecule has 0 bridgehead atoms. The summed E-state index contributed by atoms with van der Waals surface area (Å²) in [5, 5.41) is 2.85. The van der Waals surface area contributed by atoms with Gasteiger partial charge in [-0.05, 0) is 67.6 Å². The topological polar surface area (TPSA) is 75.4 Å². The number of pyridine rings is 1. The molecule has 31 heavy (non-hydrogen) atoms. The maximum Gasteiger partial charge on any atom is 0.257 e. The number of benzene rings is 1. The van der Waals surface area contributed by atoms with E-state index in [1.54, 1.807) is 42.6 Å². The molecule has 2 fully saturated rings. The van der Waals surface area contributed by atoms with Crippen LogP contribution in [0.1, 0.15) is 64.3 Å². The molecule has 158 valence electrons. The van der Waals surface area contributed by atoms with Crippen LogP contribution in [0.15, 0.2) is 65.3 Å². The number of rotatable bonds is 7. The molecule has 0 spiro atoms. The fourth-order valence-corrected chi connectivity index (χ4v) is 3.91. The van der Waals surface area contributed by atoms with Crippen LogP contribution in [0, 0.1) is 5.92 Å². The largest absolute Gasteiger partial charge is 0.464 e. The highest BCUT2D eigenvalue weighted by molar-refractivity contribution is 6.05. The molecule has 3 aromatic rings. The smallest absolute Gasteiger partial charge is 0.257 e. The predicted molar refractivity (Wildman–Crippen MR) is 117 cm³/mol. The number of nitrogens with one attached hydrogen (secondary N) is 1. The van der Waals surface area contributed by atoms with Gasteiger partial charge in [0.2, 0.25) is 0 Å². The van der Waals surface area contributed by atoms with E-state index in [4.69, 9.17) is 4.42 Å². The minimum atomic E-state index is -0.255. The van der Waals surface area contributed by atoms with Crippen LogP contribution in [0.25, 0.3) is 0 Å². The monoisotopic (exact) mass is 415 g/mol. The number of nitrogens with zero attached hydrogens (tertiary/aromatic N) is 2. The van der Waals surface area contributed by atoms with Gasteiger partial charge >= 0.3 is 0 Å². The van der Waals surface area contributed by atoms with Gasteiger partial charge < -0.3 is 14.6 Å². The summed E-state index contributed by atoms with van der Waals surface area (Å²) in [6.45, 7) is 2.70. The minimum Gasteiger partial charge on any atom is -0.464 e. The van der Waals surface area contributed by atoms with Crippen molar-refractivity contribution < 1.29 is 14.0 Å². The van der Waals surface area contributed by atoms with Crippen LogP contribution in [0.3, 0.4) is 0 Å². The van der Waals surface area contributed by atoms with Gasteiger partial charge in [0.25, 0.3) is 11.8 Å². The molecule has 6 heteroatoms. The highest BCUT2D eigenvalue weighted by Gasteiger charge is 2.37. The summed E-state index contributed by atoms with van der Waals surface area (Å²) >= 11 is 0. The molecule has 5 rings (SSSR count). The zero-order valence-electron chi connectivity index (χ0n) is 17.5. The molecule has 2 amide bonds. The van der Waals surface area contributed by atoms with E-state index in [1.165, 1.54) is 12.6 Å². The number of hydrogen-bond donors (Lipinski definition) is 1. The van der Waals surface area contributed by atoms with Crippen molar-refractivity contribution in [1.29, 1.82) is 0 Å². The molecule has 1 aromatic carbocycles. The summed E-state index contributed by atoms with van der Waals surface area (Å²) in [4.78, 5) is 31.6. The van der Waals surface area contributed by atoms with Crippen LogP contribution < -0.4 is 5.32 Å². The summed E-state index contributed by atoms with van der Waals surface area (Å²) in [5.41, 5.74) is 1.61. The maximum atomic E-state index is 13.3. The maximum absolute atomic E-state index is 13.3. The third-order valence-corrected chi connectivity index (χ3v) is 6.02. The number of hydrogen-bond acceptors (Lipinski definition) is 4. The van der Waals surface area contributed by atoms with Crippen LogP contribution in [0.4, 0.5) is 5.69 Å². The van der Waals surface area contributed by atoms with Crippen molar-refractivity contribution in [2.45, 2.75) is 44.7 Å². The first-order valence-corrected chi connectivity index (χ1v) is 10.8. The predicted octanol–water partition coefficient (Wildman–Crippen LogP) is 4.86. The molecule has 0 aliphatic heterocycles. The summed E-state index contributed by atoms with van der Waals surface area (Å²) in [7, 11) is 0. The fourth-order valence-electron chi connectivity index (χ4n) is 3.91. The van der Waals surface area contributed by atoms with E-state index in [9.17, 15) is 9.59 Å².